The molecule has 6 atom stereocenters. The Morgan fingerprint density at radius 1 is 0.596 bits per heavy atom. The molecule has 0 amide bonds. The molecule has 1 aliphatic rings. The molecule has 0 spiro atoms. The van der Waals surface area contributed by atoms with Crippen molar-refractivity contribution in [1.29, 1.82) is 0 Å². The fourth-order valence-corrected chi connectivity index (χ4v) is 7.95. The van der Waals surface area contributed by atoms with E-state index < -0.39 is 59.8 Å². The summed E-state index contributed by atoms with van der Waals surface area (Å²) < 4.78 is 59.1. The van der Waals surface area contributed by atoms with Crippen LogP contribution in [-0.2, 0) is 38.3 Å². The predicted octanol–water partition coefficient (Wildman–Crippen LogP) is 9.69. The second-order valence-electron chi connectivity index (χ2n) is 16.4. The number of esters is 1. The Kier molecular flexibility index (Phi) is 35.0. The quantitative estimate of drug-likeness (QED) is 0.0261. The molecule has 0 saturated carbocycles. The van der Waals surface area contributed by atoms with Crippen LogP contribution in [0.3, 0.4) is 0 Å². The van der Waals surface area contributed by atoms with Crippen molar-refractivity contribution in [3.8, 4) is 0 Å². The summed E-state index contributed by atoms with van der Waals surface area (Å²) in [6, 6.07) is 0. The van der Waals surface area contributed by atoms with Gasteiger partial charge in [0.15, 0.2) is 6.29 Å². The Morgan fingerprint density at radius 3 is 1.40 bits per heavy atom. The minimum Gasteiger partial charge on any atom is -0.457 e. The van der Waals surface area contributed by atoms with Crippen molar-refractivity contribution >= 4 is 16.4 Å². The lowest BCUT2D eigenvalue weighted by Gasteiger charge is -2.41. The number of aliphatic hydroxyl groups is 3. The molecule has 12 nitrogen and oxygen atoms in total. The molecule has 1 fully saturated rings. The van der Waals surface area contributed by atoms with Crippen molar-refractivity contribution in [3.05, 3.63) is 0 Å². The molecule has 1 heterocycles. The van der Waals surface area contributed by atoms with Gasteiger partial charge in [0.25, 0.3) is 0 Å². The molecule has 57 heavy (non-hydrogen) atoms. The lowest BCUT2D eigenvalue weighted by atomic mass is 9.99. The standard InChI is InChI=1S/C44H86O12S/c1-3-5-7-9-11-13-15-17-19-21-23-25-27-29-31-33-40(46)54-38(37-53-44-42(48)43(56-57(49,50)51)41(47)39(35-45)55-44)36-52-34-32-30-28-26-24-22-20-18-16-14-12-10-8-6-4-2/h38-39,41-45,47-48H,3-37H2,1-2H3,(H,49,50,51). The predicted molar refractivity (Wildman–Crippen MR) is 225 cm³/mol. The first-order chi connectivity index (χ1) is 27.6. The van der Waals surface area contributed by atoms with Gasteiger partial charge in [-0.3, -0.25) is 9.35 Å². The zero-order chi connectivity index (χ0) is 41.8. The topological polar surface area (TPSA) is 178 Å². The van der Waals surface area contributed by atoms with E-state index in [1.54, 1.807) is 0 Å². The molecule has 4 N–H and O–H groups in total. The Hall–Kier alpha value is -0.900. The highest BCUT2D eigenvalue weighted by Gasteiger charge is 2.48. The second-order valence-corrected chi connectivity index (χ2v) is 17.4. The van der Waals surface area contributed by atoms with Gasteiger partial charge in [0.05, 0.1) is 19.8 Å². The number of ether oxygens (including phenoxy) is 4. The molecule has 0 aromatic heterocycles. The summed E-state index contributed by atoms with van der Waals surface area (Å²) in [7, 11) is -5.05. The molecule has 1 rings (SSSR count). The smallest absolute Gasteiger partial charge is 0.397 e. The van der Waals surface area contributed by atoms with Crippen LogP contribution < -0.4 is 0 Å². The summed E-state index contributed by atoms with van der Waals surface area (Å²) in [6.45, 7) is 4.03. The molecule has 0 aliphatic carbocycles. The zero-order valence-electron chi connectivity index (χ0n) is 36.2. The SMILES string of the molecule is CCCCCCCCCCCCCCCCCOCC(COC1OC(CO)C(O)C(OS(=O)(=O)O)C1O)OC(=O)CCCCCCCCCCCCCCCCC. The third-order valence-corrected chi connectivity index (χ3v) is 11.4. The Labute approximate surface area is 347 Å². The van der Waals surface area contributed by atoms with Crippen LogP contribution in [0.4, 0.5) is 0 Å². The summed E-state index contributed by atoms with van der Waals surface area (Å²) in [6.07, 6.45) is 28.4. The number of carbonyl (C=O) groups is 1. The van der Waals surface area contributed by atoms with Crippen LogP contribution in [0.25, 0.3) is 0 Å². The van der Waals surface area contributed by atoms with Crippen molar-refractivity contribution in [1.82, 2.24) is 0 Å². The van der Waals surface area contributed by atoms with E-state index in [0.29, 0.717) is 13.0 Å². The van der Waals surface area contributed by atoms with E-state index in [4.69, 9.17) is 23.5 Å². The van der Waals surface area contributed by atoms with Crippen LogP contribution >= 0.6 is 0 Å². The highest BCUT2D eigenvalue weighted by Crippen LogP contribution is 2.26. The van der Waals surface area contributed by atoms with E-state index in [9.17, 15) is 28.5 Å². The lowest BCUT2D eigenvalue weighted by molar-refractivity contribution is -0.301. The molecular weight excluding hydrogens is 753 g/mol. The van der Waals surface area contributed by atoms with Gasteiger partial charge in [-0.1, -0.05) is 194 Å². The van der Waals surface area contributed by atoms with E-state index in [1.165, 1.54) is 148 Å². The Balaban J connectivity index is 2.40. The summed E-state index contributed by atoms with van der Waals surface area (Å²) in [5.74, 6) is -0.393. The fraction of sp³-hybridized carbons (Fsp3) is 0.977. The van der Waals surface area contributed by atoms with E-state index in [1.807, 2.05) is 0 Å². The highest BCUT2D eigenvalue weighted by atomic mass is 32.3. The zero-order valence-corrected chi connectivity index (χ0v) is 37.0. The van der Waals surface area contributed by atoms with Crippen LogP contribution in [0.1, 0.15) is 213 Å². The van der Waals surface area contributed by atoms with Gasteiger partial charge in [-0.05, 0) is 12.8 Å². The number of hydrogen-bond donors (Lipinski definition) is 4. The van der Waals surface area contributed by atoms with Gasteiger partial charge >= 0.3 is 16.4 Å². The molecular formula is C44H86O12S. The van der Waals surface area contributed by atoms with Gasteiger partial charge in [0.1, 0.15) is 30.5 Å². The van der Waals surface area contributed by atoms with Crippen LogP contribution in [0.15, 0.2) is 0 Å². The molecule has 1 aliphatic heterocycles. The summed E-state index contributed by atoms with van der Waals surface area (Å²) >= 11 is 0. The first-order valence-electron chi connectivity index (χ1n) is 23.3. The first-order valence-corrected chi connectivity index (χ1v) is 24.7. The van der Waals surface area contributed by atoms with Gasteiger partial charge in [-0.15, -0.1) is 0 Å². The van der Waals surface area contributed by atoms with Gasteiger partial charge in [-0.25, -0.2) is 4.18 Å². The van der Waals surface area contributed by atoms with Crippen molar-refractivity contribution in [2.24, 2.45) is 0 Å². The Morgan fingerprint density at radius 2 is 1.00 bits per heavy atom. The van der Waals surface area contributed by atoms with Crippen molar-refractivity contribution in [3.63, 3.8) is 0 Å². The minimum absolute atomic E-state index is 0.0447. The summed E-state index contributed by atoms with van der Waals surface area (Å²) in [5.41, 5.74) is 0. The molecule has 0 aromatic rings. The molecule has 13 heteroatoms. The van der Waals surface area contributed by atoms with Crippen LogP contribution in [0, 0.1) is 0 Å². The average Bonchev–Trinajstić information content (AvgIpc) is 3.18. The number of unbranched alkanes of at least 4 members (excludes halogenated alkanes) is 28. The van der Waals surface area contributed by atoms with E-state index in [0.717, 1.165) is 38.5 Å². The van der Waals surface area contributed by atoms with Crippen molar-refractivity contribution < 1.29 is 56.2 Å². The summed E-state index contributed by atoms with van der Waals surface area (Å²) in [4.78, 5) is 12.8. The van der Waals surface area contributed by atoms with Crippen LogP contribution in [0.2, 0.25) is 0 Å². The molecule has 1 saturated heterocycles. The molecule has 0 radical (unpaired) electrons. The number of hydrogen-bond acceptors (Lipinski definition) is 11. The summed E-state index contributed by atoms with van der Waals surface area (Å²) in [5, 5.41) is 30.7. The van der Waals surface area contributed by atoms with Gasteiger partial charge in [0.2, 0.25) is 0 Å². The van der Waals surface area contributed by atoms with E-state index >= 15 is 0 Å². The maximum Gasteiger partial charge on any atom is 0.397 e. The van der Waals surface area contributed by atoms with Crippen molar-refractivity contribution in [2.75, 3.05) is 26.4 Å². The van der Waals surface area contributed by atoms with Crippen LogP contribution in [0.5, 0.6) is 0 Å². The average molecular weight is 839 g/mol. The monoisotopic (exact) mass is 839 g/mol. The van der Waals surface area contributed by atoms with Crippen LogP contribution in [-0.4, -0.2) is 97.5 Å². The normalized spacial score (nSPS) is 20.6. The maximum atomic E-state index is 12.8. The van der Waals surface area contributed by atoms with Gasteiger partial charge in [0, 0.05) is 13.0 Å². The molecule has 6 unspecified atom stereocenters. The lowest BCUT2D eigenvalue weighted by Crippen LogP contribution is -2.60. The molecule has 0 bridgehead atoms. The van der Waals surface area contributed by atoms with Gasteiger partial charge in [-0.2, -0.15) is 8.42 Å². The second kappa shape index (κ2) is 36.9. The number of carbonyl (C=O) groups excluding carboxylic acids is 1. The minimum atomic E-state index is -5.05. The fourth-order valence-electron chi connectivity index (χ4n) is 7.44. The highest BCUT2D eigenvalue weighted by molar-refractivity contribution is 7.80. The largest absolute Gasteiger partial charge is 0.457 e. The Bertz CT molecular complexity index is 1020. The van der Waals surface area contributed by atoms with E-state index in [-0.39, 0.29) is 19.6 Å². The molecule has 0 aromatic carbocycles. The number of rotatable bonds is 41. The van der Waals surface area contributed by atoms with Gasteiger partial charge < -0.3 is 34.3 Å². The van der Waals surface area contributed by atoms with E-state index in [2.05, 4.69) is 18.0 Å². The molecule has 340 valence electrons. The maximum absolute atomic E-state index is 12.8. The third kappa shape index (κ3) is 30.7. The third-order valence-electron chi connectivity index (χ3n) is 11.0. The van der Waals surface area contributed by atoms with Crippen molar-refractivity contribution in [2.45, 2.75) is 250 Å². The first kappa shape index (κ1) is 54.1. The number of aliphatic hydroxyl groups excluding tert-OH is 3.